The van der Waals surface area contributed by atoms with E-state index in [-0.39, 0.29) is 11.9 Å². The Hall–Kier alpha value is -2.08. The summed E-state index contributed by atoms with van der Waals surface area (Å²) in [7, 11) is 1.89. The van der Waals surface area contributed by atoms with Crippen LogP contribution in [0.15, 0.2) is 57.9 Å². The highest BCUT2D eigenvalue weighted by Crippen LogP contribution is 2.31. The lowest BCUT2D eigenvalue weighted by molar-refractivity contribution is 0.487. The van der Waals surface area contributed by atoms with Gasteiger partial charge in [-0.15, -0.1) is 0 Å². The van der Waals surface area contributed by atoms with E-state index in [4.69, 9.17) is 4.42 Å². The van der Waals surface area contributed by atoms with E-state index < -0.39 is 0 Å². The summed E-state index contributed by atoms with van der Waals surface area (Å²) in [6.07, 6.45) is 5.12. The number of nitrogens with one attached hydrogen (secondary N) is 1. The maximum atomic E-state index is 14.0. The molecule has 0 aliphatic carbocycles. The van der Waals surface area contributed by atoms with Gasteiger partial charge in [-0.2, -0.15) is 0 Å². The largest absolute Gasteiger partial charge is 0.467 e. The molecule has 2 heterocycles. The van der Waals surface area contributed by atoms with E-state index in [1.54, 1.807) is 30.7 Å². The molecule has 0 bridgehead atoms. The third-order valence-electron chi connectivity index (χ3n) is 3.20. The number of furan rings is 1. The topological polar surface area (TPSA) is 43.0 Å². The highest BCUT2D eigenvalue weighted by molar-refractivity contribution is 9.10. The molecule has 0 aliphatic heterocycles. The van der Waals surface area contributed by atoms with Gasteiger partial charge in [0, 0.05) is 23.9 Å². The molecule has 0 saturated heterocycles. The second-order valence-corrected chi connectivity index (χ2v) is 5.44. The number of para-hydroxylation sites is 1. The van der Waals surface area contributed by atoms with Crippen molar-refractivity contribution in [2.75, 3.05) is 5.32 Å². The van der Waals surface area contributed by atoms with Gasteiger partial charge in [0.25, 0.3) is 0 Å². The van der Waals surface area contributed by atoms with E-state index >= 15 is 0 Å². The summed E-state index contributed by atoms with van der Waals surface area (Å²) in [6.45, 7) is 0. The molecule has 1 atom stereocenters. The van der Waals surface area contributed by atoms with E-state index in [2.05, 4.69) is 26.2 Å². The first-order valence-electron chi connectivity index (χ1n) is 6.38. The van der Waals surface area contributed by atoms with Gasteiger partial charge in [-0.1, -0.05) is 6.07 Å². The van der Waals surface area contributed by atoms with E-state index in [1.165, 1.54) is 6.07 Å². The average Bonchev–Trinajstić information content (AvgIpc) is 3.11. The first-order chi connectivity index (χ1) is 10.2. The second kappa shape index (κ2) is 5.73. The Morgan fingerprint density at radius 1 is 1.33 bits per heavy atom. The predicted molar refractivity (Wildman–Crippen MR) is 81.5 cm³/mol. The van der Waals surface area contributed by atoms with Crippen molar-refractivity contribution in [2.24, 2.45) is 7.05 Å². The number of benzene rings is 1. The number of rotatable bonds is 4. The number of imidazole rings is 1. The maximum absolute atomic E-state index is 14.0. The van der Waals surface area contributed by atoms with Crippen LogP contribution in [0.1, 0.15) is 17.6 Å². The summed E-state index contributed by atoms with van der Waals surface area (Å²) in [5.74, 6) is 1.06. The van der Waals surface area contributed by atoms with Crippen LogP contribution in [0, 0.1) is 5.82 Å². The van der Waals surface area contributed by atoms with Gasteiger partial charge in [0.05, 0.1) is 12.0 Å². The molecule has 3 rings (SSSR count). The SMILES string of the molecule is Cn1ccnc1C(Nc1c(F)cccc1Br)c1ccco1. The number of aromatic nitrogens is 2. The van der Waals surface area contributed by atoms with Crippen molar-refractivity contribution in [1.82, 2.24) is 9.55 Å². The van der Waals surface area contributed by atoms with Gasteiger partial charge < -0.3 is 14.3 Å². The third-order valence-corrected chi connectivity index (χ3v) is 3.86. The Labute approximate surface area is 129 Å². The van der Waals surface area contributed by atoms with Gasteiger partial charge in [-0.3, -0.25) is 0 Å². The molecule has 0 amide bonds. The van der Waals surface area contributed by atoms with Gasteiger partial charge >= 0.3 is 0 Å². The molecule has 1 aromatic carbocycles. The molecule has 3 aromatic rings. The molecule has 21 heavy (non-hydrogen) atoms. The van der Waals surface area contributed by atoms with Gasteiger partial charge in [-0.05, 0) is 40.2 Å². The van der Waals surface area contributed by atoms with Crippen LogP contribution in [0.25, 0.3) is 0 Å². The molecule has 6 heteroatoms. The molecular formula is C15H13BrFN3O. The molecule has 0 aliphatic rings. The highest BCUT2D eigenvalue weighted by atomic mass is 79.9. The van der Waals surface area contributed by atoms with Crippen LogP contribution in [-0.4, -0.2) is 9.55 Å². The number of halogens is 2. The van der Waals surface area contributed by atoms with Gasteiger partial charge in [-0.25, -0.2) is 9.37 Å². The molecule has 0 saturated carbocycles. The standard InChI is InChI=1S/C15H13BrFN3O/c1-20-8-7-18-15(20)14(12-6-3-9-21-12)19-13-10(16)4-2-5-11(13)17/h2-9,14,19H,1H3. The molecular weight excluding hydrogens is 337 g/mol. The van der Waals surface area contributed by atoms with E-state index in [0.717, 1.165) is 5.82 Å². The first-order valence-corrected chi connectivity index (χ1v) is 7.17. The number of hydrogen-bond donors (Lipinski definition) is 1. The van der Waals surface area contributed by atoms with Crippen LogP contribution in [0.2, 0.25) is 0 Å². The van der Waals surface area contributed by atoms with Gasteiger partial charge in [0.2, 0.25) is 0 Å². The van der Waals surface area contributed by atoms with Crippen LogP contribution in [0.4, 0.5) is 10.1 Å². The van der Waals surface area contributed by atoms with Crippen molar-refractivity contribution >= 4 is 21.6 Å². The van der Waals surface area contributed by atoms with Gasteiger partial charge in [0.15, 0.2) is 0 Å². The summed E-state index contributed by atoms with van der Waals surface area (Å²) in [6, 6.07) is 8.08. The Kier molecular flexibility index (Phi) is 3.79. The predicted octanol–water partition coefficient (Wildman–Crippen LogP) is 4.12. The maximum Gasteiger partial charge on any atom is 0.147 e. The first kappa shape index (κ1) is 13.9. The van der Waals surface area contributed by atoms with Crippen LogP contribution in [0.5, 0.6) is 0 Å². The smallest absolute Gasteiger partial charge is 0.147 e. The molecule has 0 spiro atoms. The lowest BCUT2D eigenvalue weighted by atomic mass is 10.2. The molecule has 4 nitrogen and oxygen atoms in total. The molecule has 0 radical (unpaired) electrons. The fourth-order valence-electron chi connectivity index (χ4n) is 2.15. The second-order valence-electron chi connectivity index (χ2n) is 4.59. The van der Waals surface area contributed by atoms with E-state index in [1.807, 2.05) is 23.9 Å². The Morgan fingerprint density at radius 3 is 2.81 bits per heavy atom. The average molecular weight is 350 g/mol. The normalized spacial score (nSPS) is 12.3. The number of anilines is 1. The van der Waals surface area contributed by atoms with Crippen LogP contribution >= 0.6 is 15.9 Å². The van der Waals surface area contributed by atoms with Crippen LogP contribution < -0.4 is 5.32 Å². The molecule has 1 N–H and O–H groups in total. The lowest BCUT2D eigenvalue weighted by Crippen LogP contribution is -2.17. The summed E-state index contributed by atoms with van der Waals surface area (Å²) >= 11 is 3.36. The summed E-state index contributed by atoms with van der Waals surface area (Å²) < 4.78 is 22.0. The van der Waals surface area contributed by atoms with Crippen molar-refractivity contribution in [2.45, 2.75) is 6.04 Å². The summed E-state index contributed by atoms with van der Waals surface area (Å²) in [5, 5.41) is 3.16. The monoisotopic (exact) mass is 349 g/mol. The Bertz CT molecular complexity index is 719. The van der Waals surface area contributed by atoms with Crippen molar-refractivity contribution in [1.29, 1.82) is 0 Å². The minimum atomic E-state index is -0.381. The zero-order chi connectivity index (χ0) is 14.8. The number of nitrogens with zero attached hydrogens (tertiary/aromatic N) is 2. The highest BCUT2D eigenvalue weighted by Gasteiger charge is 2.23. The molecule has 0 fully saturated rings. The minimum absolute atomic E-state index is 0.338. The quantitative estimate of drug-likeness (QED) is 0.770. The van der Waals surface area contributed by atoms with Crippen LogP contribution in [0.3, 0.4) is 0 Å². The fourth-order valence-corrected chi connectivity index (χ4v) is 2.61. The fraction of sp³-hybridized carbons (Fsp3) is 0.133. The van der Waals surface area contributed by atoms with Crippen molar-refractivity contribution in [3.63, 3.8) is 0 Å². The zero-order valence-electron chi connectivity index (χ0n) is 11.3. The Balaban J connectivity index is 2.03. The number of aryl methyl sites for hydroxylation is 1. The van der Waals surface area contributed by atoms with E-state index in [9.17, 15) is 4.39 Å². The molecule has 2 aromatic heterocycles. The third kappa shape index (κ3) is 2.71. The minimum Gasteiger partial charge on any atom is -0.467 e. The Morgan fingerprint density at radius 2 is 2.19 bits per heavy atom. The molecule has 108 valence electrons. The van der Waals surface area contributed by atoms with Gasteiger partial charge in [0.1, 0.15) is 23.4 Å². The number of hydrogen-bond acceptors (Lipinski definition) is 3. The zero-order valence-corrected chi connectivity index (χ0v) is 12.8. The summed E-state index contributed by atoms with van der Waals surface area (Å²) in [4.78, 5) is 4.33. The van der Waals surface area contributed by atoms with E-state index in [0.29, 0.717) is 15.9 Å². The van der Waals surface area contributed by atoms with Crippen molar-refractivity contribution in [3.8, 4) is 0 Å². The van der Waals surface area contributed by atoms with Crippen LogP contribution in [-0.2, 0) is 7.05 Å². The lowest BCUT2D eigenvalue weighted by Gasteiger charge is -2.19. The molecule has 1 unspecified atom stereocenters. The van der Waals surface area contributed by atoms with Crippen molar-refractivity contribution < 1.29 is 8.81 Å². The summed E-state index contributed by atoms with van der Waals surface area (Å²) in [5.41, 5.74) is 0.377. The van der Waals surface area contributed by atoms with Crippen molar-refractivity contribution in [3.05, 3.63) is 70.9 Å².